The van der Waals surface area contributed by atoms with Gasteiger partial charge in [-0.1, -0.05) is 22.9 Å². The molecule has 0 radical (unpaired) electrons. The minimum absolute atomic E-state index is 0.157. The molecule has 4 heteroatoms. The third-order valence-corrected chi connectivity index (χ3v) is 5.63. The number of hydrogen-bond donors (Lipinski definition) is 1. The van der Waals surface area contributed by atoms with Crippen molar-refractivity contribution >= 4 is 15.9 Å². The molecule has 0 spiro atoms. The van der Waals surface area contributed by atoms with Crippen LogP contribution in [0.15, 0.2) is 22.7 Å². The third-order valence-electron chi connectivity index (χ3n) is 5.17. The van der Waals surface area contributed by atoms with Crippen LogP contribution < -0.4 is 5.32 Å². The van der Waals surface area contributed by atoms with Crippen molar-refractivity contribution in [1.82, 2.24) is 10.2 Å². The highest BCUT2D eigenvalue weighted by molar-refractivity contribution is 9.10. The zero-order valence-electron chi connectivity index (χ0n) is 12.8. The molecular weight excluding hydrogens is 331 g/mol. The van der Waals surface area contributed by atoms with Gasteiger partial charge in [0.1, 0.15) is 5.82 Å². The summed E-state index contributed by atoms with van der Waals surface area (Å²) in [7, 11) is 0. The Balaban J connectivity index is 1.78. The van der Waals surface area contributed by atoms with E-state index in [1.807, 2.05) is 6.07 Å². The molecule has 1 aliphatic carbocycles. The Labute approximate surface area is 135 Å². The van der Waals surface area contributed by atoms with E-state index >= 15 is 0 Å². The van der Waals surface area contributed by atoms with Crippen molar-refractivity contribution in [3.8, 4) is 0 Å². The fourth-order valence-electron chi connectivity index (χ4n) is 3.33. The highest BCUT2D eigenvalue weighted by Crippen LogP contribution is 2.37. The van der Waals surface area contributed by atoms with Crippen molar-refractivity contribution in [2.45, 2.75) is 51.2 Å². The second-order valence-corrected chi connectivity index (χ2v) is 7.75. The van der Waals surface area contributed by atoms with Crippen LogP contribution >= 0.6 is 15.9 Å². The fraction of sp³-hybridized carbons (Fsp3) is 0.647. The second kappa shape index (κ2) is 5.98. The number of hydrogen-bond acceptors (Lipinski definition) is 2. The summed E-state index contributed by atoms with van der Waals surface area (Å²) in [5.74, 6) is 0.694. The average molecular weight is 355 g/mol. The van der Waals surface area contributed by atoms with E-state index in [1.54, 1.807) is 6.07 Å². The van der Waals surface area contributed by atoms with Gasteiger partial charge < -0.3 is 5.32 Å². The molecule has 1 aliphatic heterocycles. The van der Waals surface area contributed by atoms with Gasteiger partial charge in [0.2, 0.25) is 0 Å². The predicted octanol–water partition coefficient (Wildman–Crippen LogP) is 3.94. The second-order valence-electron chi connectivity index (χ2n) is 6.83. The lowest BCUT2D eigenvalue weighted by molar-refractivity contribution is 0.0368. The molecule has 2 fully saturated rings. The molecule has 2 atom stereocenters. The highest BCUT2D eigenvalue weighted by atomic mass is 79.9. The van der Waals surface area contributed by atoms with Crippen LogP contribution in [0, 0.1) is 11.7 Å². The molecule has 2 unspecified atom stereocenters. The summed E-state index contributed by atoms with van der Waals surface area (Å²) in [4.78, 5) is 2.55. The van der Waals surface area contributed by atoms with Crippen molar-refractivity contribution in [2.75, 3.05) is 13.1 Å². The summed E-state index contributed by atoms with van der Waals surface area (Å²) in [5, 5.41) is 3.74. The number of piperazine rings is 1. The van der Waals surface area contributed by atoms with Gasteiger partial charge in [0, 0.05) is 35.7 Å². The van der Waals surface area contributed by atoms with Crippen LogP contribution in [-0.4, -0.2) is 29.6 Å². The molecular formula is C17H24BrFN2. The van der Waals surface area contributed by atoms with E-state index in [0.717, 1.165) is 42.0 Å². The van der Waals surface area contributed by atoms with Crippen molar-refractivity contribution < 1.29 is 4.39 Å². The van der Waals surface area contributed by atoms with Gasteiger partial charge in [0.25, 0.3) is 0 Å². The molecule has 1 heterocycles. The smallest absolute Gasteiger partial charge is 0.124 e. The van der Waals surface area contributed by atoms with Crippen LogP contribution in [0.3, 0.4) is 0 Å². The Kier molecular flexibility index (Phi) is 4.40. The van der Waals surface area contributed by atoms with E-state index in [2.05, 4.69) is 40.0 Å². The summed E-state index contributed by atoms with van der Waals surface area (Å²) in [5.41, 5.74) is 1.21. The number of benzene rings is 1. The molecule has 0 bridgehead atoms. The zero-order valence-corrected chi connectivity index (χ0v) is 14.4. The lowest BCUT2D eigenvalue weighted by Crippen LogP contribution is -2.63. The van der Waals surface area contributed by atoms with Crippen molar-refractivity contribution in [1.29, 1.82) is 0 Å². The van der Waals surface area contributed by atoms with Crippen LogP contribution in [0.5, 0.6) is 0 Å². The SMILES string of the molecule is CCC1(C)CNC(C2CC2)CN1Cc1cc(F)cc(Br)c1. The van der Waals surface area contributed by atoms with Gasteiger partial charge in [-0.15, -0.1) is 0 Å². The van der Waals surface area contributed by atoms with Gasteiger partial charge >= 0.3 is 0 Å². The van der Waals surface area contributed by atoms with Gasteiger partial charge in [0.15, 0.2) is 0 Å². The third kappa shape index (κ3) is 3.49. The molecule has 1 saturated carbocycles. The van der Waals surface area contributed by atoms with E-state index in [0.29, 0.717) is 6.04 Å². The molecule has 1 aromatic rings. The molecule has 0 aromatic heterocycles. The van der Waals surface area contributed by atoms with Gasteiger partial charge in [-0.2, -0.15) is 0 Å². The Morgan fingerprint density at radius 1 is 1.38 bits per heavy atom. The average Bonchev–Trinajstić information content (AvgIpc) is 3.25. The zero-order chi connectivity index (χ0) is 15.0. The van der Waals surface area contributed by atoms with E-state index in [-0.39, 0.29) is 11.4 Å². The van der Waals surface area contributed by atoms with Crippen LogP contribution in [0.4, 0.5) is 4.39 Å². The summed E-state index contributed by atoms with van der Waals surface area (Å²) in [6.07, 6.45) is 3.83. The van der Waals surface area contributed by atoms with E-state index in [4.69, 9.17) is 0 Å². The number of nitrogens with one attached hydrogen (secondary N) is 1. The largest absolute Gasteiger partial charge is 0.311 e. The van der Waals surface area contributed by atoms with Crippen molar-refractivity contribution in [3.63, 3.8) is 0 Å². The normalized spacial score (nSPS) is 30.6. The summed E-state index contributed by atoms with van der Waals surface area (Å²) in [6, 6.07) is 5.83. The molecule has 1 saturated heterocycles. The van der Waals surface area contributed by atoms with Crippen molar-refractivity contribution in [3.05, 3.63) is 34.1 Å². The first-order valence-corrected chi connectivity index (χ1v) is 8.73. The molecule has 1 N–H and O–H groups in total. The van der Waals surface area contributed by atoms with Crippen LogP contribution in [0.25, 0.3) is 0 Å². The Morgan fingerprint density at radius 2 is 2.14 bits per heavy atom. The van der Waals surface area contributed by atoms with Crippen LogP contribution in [-0.2, 0) is 6.54 Å². The standard InChI is InChI=1S/C17H24BrFN2/c1-3-17(2)11-20-16(13-4-5-13)10-21(17)9-12-6-14(18)8-15(19)7-12/h6-8,13,16,20H,3-5,9-11H2,1-2H3. The van der Waals surface area contributed by atoms with E-state index < -0.39 is 0 Å². The highest BCUT2D eigenvalue weighted by Gasteiger charge is 2.41. The topological polar surface area (TPSA) is 15.3 Å². The fourth-order valence-corrected chi connectivity index (χ4v) is 3.84. The van der Waals surface area contributed by atoms with E-state index in [9.17, 15) is 4.39 Å². The lowest BCUT2D eigenvalue weighted by Gasteiger charge is -2.48. The Bertz CT molecular complexity index is 497. The first kappa shape index (κ1) is 15.4. The Hall–Kier alpha value is -0.450. The molecule has 1 aromatic carbocycles. The Morgan fingerprint density at radius 3 is 2.76 bits per heavy atom. The van der Waals surface area contributed by atoms with Gasteiger partial charge in [0.05, 0.1) is 0 Å². The van der Waals surface area contributed by atoms with Crippen molar-refractivity contribution in [2.24, 2.45) is 5.92 Å². The maximum absolute atomic E-state index is 13.6. The quantitative estimate of drug-likeness (QED) is 0.880. The monoisotopic (exact) mass is 354 g/mol. The first-order chi connectivity index (χ1) is 10.00. The van der Waals surface area contributed by atoms with Gasteiger partial charge in [-0.25, -0.2) is 4.39 Å². The first-order valence-electron chi connectivity index (χ1n) is 7.93. The van der Waals surface area contributed by atoms with Gasteiger partial charge in [-0.05, 0) is 55.9 Å². The molecule has 0 amide bonds. The maximum atomic E-state index is 13.6. The number of rotatable bonds is 4. The summed E-state index contributed by atoms with van der Waals surface area (Å²) in [6.45, 7) is 7.49. The maximum Gasteiger partial charge on any atom is 0.124 e. The number of halogens is 2. The number of nitrogens with zero attached hydrogens (tertiary/aromatic N) is 1. The van der Waals surface area contributed by atoms with Gasteiger partial charge in [-0.3, -0.25) is 4.90 Å². The minimum atomic E-state index is -0.161. The lowest BCUT2D eigenvalue weighted by atomic mass is 9.90. The molecule has 3 rings (SSSR count). The minimum Gasteiger partial charge on any atom is -0.311 e. The predicted molar refractivity (Wildman–Crippen MR) is 87.7 cm³/mol. The summed E-state index contributed by atoms with van der Waals surface area (Å²) >= 11 is 3.40. The van der Waals surface area contributed by atoms with Crippen LogP contribution in [0.1, 0.15) is 38.7 Å². The van der Waals surface area contributed by atoms with Crippen LogP contribution in [0.2, 0.25) is 0 Å². The molecule has 2 aliphatic rings. The van der Waals surface area contributed by atoms with E-state index in [1.165, 1.54) is 18.9 Å². The molecule has 116 valence electrons. The molecule has 2 nitrogen and oxygen atoms in total. The molecule has 21 heavy (non-hydrogen) atoms. The summed E-state index contributed by atoms with van der Waals surface area (Å²) < 4.78 is 14.4.